The third-order valence-corrected chi connectivity index (χ3v) is 3.05. The van der Waals surface area contributed by atoms with E-state index in [1.165, 1.54) is 0 Å². The fourth-order valence-electron chi connectivity index (χ4n) is 1.26. The number of carbonyl (C=O) groups excluding carboxylic acids is 1. The van der Waals surface area contributed by atoms with Crippen molar-refractivity contribution in [2.45, 2.75) is 18.7 Å². The Hall–Kier alpha value is -0.520. The van der Waals surface area contributed by atoms with Crippen LogP contribution in [0.4, 0.5) is 0 Å². The fourth-order valence-corrected chi connectivity index (χ4v) is 1.87. The average Bonchev–Trinajstić information content (AvgIpc) is 2.31. The monoisotopic (exact) mass is 332 g/mol. The number of hydrogen-bond acceptors (Lipinski definition) is 4. The van der Waals surface area contributed by atoms with Gasteiger partial charge in [0.25, 0.3) is 0 Å². The number of ether oxygens (including phenoxy) is 2. The molecule has 18 heavy (non-hydrogen) atoms. The van der Waals surface area contributed by atoms with Crippen molar-refractivity contribution < 1.29 is 14.3 Å². The van der Waals surface area contributed by atoms with Gasteiger partial charge in [-0.1, -0.05) is 13.8 Å². The van der Waals surface area contributed by atoms with Gasteiger partial charge in [-0.3, -0.25) is 0 Å². The molecule has 1 rings (SSSR count). The van der Waals surface area contributed by atoms with Gasteiger partial charge in [0, 0.05) is 16.0 Å². The molecule has 0 spiro atoms. The van der Waals surface area contributed by atoms with Crippen molar-refractivity contribution in [1.82, 2.24) is 0 Å². The van der Waals surface area contributed by atoms with Gasteiger partial charge in [-0.25, -0.2) is 4.79 Å². The molecule has 1 aromatic carbocycles. The van der Waals surface area contributed by atoms with Crippen LogP contribution in [-0.4, -0.2) is 25.8 Å². The molecule has 0 saturated carbocycles. The van der Waals surface area contributed by atoms with Gasteiger partial charge in [0.1, 0.15) is 6.61 Å². The summed E-state index contributed by atoms with van der Waals surface area (Å²) < 4.78 is 11.2. The first-order chi connectivity index (χ1) is 8.50. The van der Waals surface area contributed by atoms with Gasteiger partial charge in [-0.15, -0.1) is 12.6 Å². The minimum Gasteiger partial charge on any atom is -0.460 e. The standard InChI is InChI=1S/C13H17BrO3S/c1-9(2)8-16-5-6-17-13(15)11-7-10(18)3-4-12(11)14/h3-4,7,9,18H,5-6,8H2,1-2H3. The molecule has 0 N–H and O–H groups in total. The zero-order valence-electron chi connectivity index (χ0n) is 10.5. The molecule has 0 aliphatic carbocycles. The number of rotatable bonds is 6. The molecule has 0 unspecified atom stereocenters. The largest absolute Gasteiger partial charge is 0.460 e. The van der Waals surface area contributed by atoms with Crippen molar-refractivity contribution in [3.8, 4) is 0 Å². The molecule has 5 heteroatoms. The molecule has 0 aliphatic rings. The van der Waals surface area contributed by atoms with Gasteiger partial charge in [-0.05, 0) is 40.0 Å². The van der Waals surface area contributed by atoms with Crippen molar-refractivity contribution in [3.63, 3.8) is 0 Å². The van der Waals surface area contributed by atoms with Gasteiger partial charge in [-0.2, -0.15) is 0 Å². The topological polar surface area (TPSA) is 35.5 Å². The smallest absolute Gasteiger partial charge is 0.339 e. The van der Waals surface area contributed by atoms with Crippen LogP contribution in [0.25, 0.3) is 0 Å². The number of benzene rings is 1. The van der Waals surface area contributed by atoms with Crippen LogP contribution in [0.1, 0.15) is 24.2 Å². The summed E-state index contributed by atoms with van der Waals surface area (Å²) in [6.45, 7) is 5.49. The Balaban J connectivity index is 2.39. The molecular weight excluding hydrogens is 316 g/mol. The third-order valence-electron chi connectivity index (χ3n) is 2.08. The molecule has 0 fully saturated rings. The van der Waals surface area contributed by atoms with Crippen molar-refractivity contribution in [1.29, 1.82) is 0 Å². The van der Waals surface area contributed by atoms with Crippen LogP contribution in [0.3, 0.4) is 0 Å². The molecule has 0 amide bonds. The molecule has 0 heterocycles. The summed E-state index contributed by atoms with van der Waals surface area (Å²) in [5.41, 5.74) is 0.478. The molecule has 100 valence electrons. The maximum Gasteiger partial charge on any atom is 0.339 e. The number of halogens is 1. The molecule has 0 bridgehead atoms. The second-order valence-corrected chi connectivity index (χ2v) is 5.64. The maximum atomic E-state index is 11.8. The molecule has 0 atom stereocenters. The lowest BCUT2D eigenvalue weighted by molar-refractivity contribution is 0.0276. The second-order valence-electron chi connectivity index (χ2n) is 4.27. The number of esters is 1. The molecule has 1 aromatic rings. The highest BCUT2D eigenvalue weighted by molar-refractivity contribution is 9.10. The Labute approximate surface area is 121 Å². The van der Waals surface area contributed by atoms with Crippen LogP contribution in [0.2, 0.25) is 0 Å². The number of hydrogen-bond donors (Lipinski definition) is 1. The fraction of sp³-hybridized carbons (Fsp3) is 0.462. The Morgan fingerprint density at radius 2 is 2.11 bits per heavy atom. The highest BCUT2D eigenvalue weighted by Crippen LogP contribution is 2.20. The van der Waals surface area contributed by atoms with Crippen molar-refractivity contribution >= 4 is 34.5 Å². The van der Waals surface area contributed by atoms with E-state index in [2.05, 4.69) is 42.4 Å². The predicted octanol–water partition coefficient (Wildman–Crippen LogP) is 3.57. The van der Waals surface area contributed by atoms with Gasteiger partial charge < -0.3 is 9.47 Å². The number of thiol groups is 1. The van der Waals surface area contributed by atoms with Crippen LogP contribution in [0, 0.1) is 5.92 Å². The van der Waals surface area contributed by atoms with E-state index in [-0.39, 0.29) is 12.6 Å². The number of carbonyl (C=O) groups is 1. The lowest BCUT2D eigenvalue weighted by Crippen LogP contribution is -2.13. The van der Waals surface area contributed by atoms with Crippen LogP contribution >= 0.6 is 28.6 Å². The Bertz CT molecular complexity index is 407. The van der Waals surface area contributed by atoms with Crippen LogP contribution in [0.15, 0.2) is 27.6 Å². The average molecular weight is 333 g/mol. The highest BCUT2D eigenvalue weighted by Gasteiger charge is 2.11. The summed E-state index contributed by atoms with van der Waals surface area (Å²) in [6, 6.07) is 5.24. The van der Waals surface area contributed by atoms with Gasteiger partial charge in [0.05, 0.1) is 12.2 Å². The van der Waals surface area contributed by atoms with Crippen LogP contribution < -0.4 is 0 Å². The first-order valence-electron chi connectivity index (χ1n) is 5.74. The Morgan fingerprint density at radius 1 is 1.39 bits per heavy atom. The lowest BCUT2D eigenvalue weighted by atomic mass is 10.2. The van der Waals surface area contributed by atoms with E-state index < -0.39 is 0 Å². The molecule has 0 radical (unpaired) electrons. The summed E-state index contributed by atoms with van der Waals surface area (Å²) in [7, 11) is 0. The third kappa shape index (κ3) is 5.42. The van der Waals surface area contributed by atoms with Crippen LogP contribution in [0.5, 0.6) is 0 Å². The summed E-state index contributed by atoms with van der Waals surface area (Å²) in [4.78, 5) is 12.5. The van der Waals surface area contributed by atoms with Crippen molar-refractivity contribution in [2.75, 3.05) is 19.8 Å². The molecule has 0 aliphatic heterocycles. The second kappa shape index (κ2) is 7.81. The van der Waals surface area contributed by atoms with Crippen molar-refractivity contribution in [3.05, 3.63) is 28.2 Å². The predicted molar refractivity (Wildman–Crippen MR) is 77.3 cm³/mol. The maximum absolute atomic E-state index is 11.8. The van der Waals surface area contributed by atoms with E-state index in [1.54, 1.807) is 18.2 Å². The van der Waals surface area contributed by atoms with Crippen molar-refractivity contribution in [2.24, 2.45) is 5.92 Å². The minimum atomic E-state index is -0.370. The summed E-state index contributed by atoms with van der Waals surface area (Å²) in [5, 5.41) is 0. The zero-order valence-corrected chi connectivity index (χ0v) is 13.0. The van der Waals surface area contributed by atoms with E-state index in [0.717, 1.165) is 4.90 Å². The first kappa shape index (κ1) is 15.5. The molecule has 0 aromatic heterocycles. The summed E-state index contributed by atoms with van der Waals surface area (Å²) in [6.07, 6.45) is 0. The minimum absolute atomic E-state index is 0.259. The Morgan fingerprint density at radius 3 is 2.78 bits per heavy atom. The zero-order chi connectivity index (χ0) is 13.5. The van der Waals surface area contributed by atoms with Crippen LogP contribution in [-0.2, 0) is 9.47 Å². The highest BCUT2D eigenvalue weighted by atomic mass is 79.9. The lowest BCUT2D eigenvalue weighted by Gasteiger charge is -2.09. The SMILES string of the molecule is CC(C)COCCOC(=O)c1cc(S)ccc1Br. The molecule has 3 nitrogen and oxygen atoms in total. The van der Waals surface area contributed by atoms with E-state index in [1.807, 2.05) is 0 Å². The van der Waals surface area contributed by atoms with Gasteiger partial charge >= 0.3 is 5.97 Å². The van der Waals surface area contributed by atoms with Gasteiger partial charge in [0.15, 0.2) is 0 Å². The quantitative estimate of drug-likeness (QED) is 0.491. The molecule has 0 saturated heterocycles. The van der Waals surface area contributed by atoms with E-state index >= 15 is 0 Å². The molecular formula is C13H17BrO3S. The van der Waals surface area contributed by atoms with Gasteiger partial charge in [0.2, 0.25) is 0 Å². The summed E-state index contributed by atoms with van der Waals surface area (Å²) >= 11 is 7.50. The van der Waals surface area contributed by atoms with E-state index in [9.17, 15) is 4.79 Å². The van der Waals surface area contributed by atoms with E-state index in [0.29, 0.717) is 29.2 Å². The van der Waals surface area contributed by atoms with E-state index in [4.69, 9.17) is 9.47 Å². The normalized spacial score (nSPS) is 10.7. The first-order valence-corrected chi connectivity index (χ1v) is 6.98. The summed E-state index contributed by atoms with van der Waals surface area (Å²) in [5.74, 6) is 0.113. The Kier molecular flexibility index (Phi) is 6.75.